The molecule has 1 saturated carbocycles. The first-order valence-electron chi connectivity index (χ1n) is 7.83. The molecule has 7 heteroatoms. The Balaban J connectivity index is 1.57. The van der Waals surface area contributed by atoms with Crippen LogP contribution in [0.3, 0.4) is 0 Å². The zero-order chi connectivity index (χ0) is 14.7. The summed E-state index contributed by atoms with van der Waals surface area (Å²) in [7, 11) is 2.17. The number of nitrogens with zero attached hydrogens (tertiary/aromatic N) is 5. The molecule has 0 atom stereocenters. The third-order valence-electron chi connectivity index (χ3n) is 4.15. The van der Waals surface area contributed by atoms with Crippen molar-refractivity contribution in [2.24, 2.45) is 0 Å². The maximum Gasteiger partial charge on any atom is 0.231 e. The van der Waals surface area contributed by atoms with Gasteiger partial charge in [0.2, 0.25) is 17.2 Å². The van der Waals surface area contributed by atoms with Gasteiger partial charge in [0.15, 0.2) is 0 Å². The lowest BCUT2D eigenvalue weighted by Gasteiger charge is -2.26. The van der Waals surface area contributed by atoms with Crippen molar-refractivity contribution < 1.29 is 0 Å². The summed E-state index contributed by atoms with van der Waals surface area (Å²) < 4.78 is 0. The van der Waals surface area contributed by atoms with Gasteiger partial charge in [-0.05, 0) is 50.8 Å². The van der Waals surface area contributed by atoms with Gasteiger partial charge in [0.1, 0.15) is 0 Å². The van der Waals surface area contributed by atoms with Crippen molar-refractivity contribution >= 4 is 23.5 Å². The minimum absolute atomic E-state index is 0.267. The second kappa shape index (κ2) is 6.75. The van der Waals surface area contributed by atoms with E-state index < -0.39 is 0 Å². The first kappa shape index (κ1) is 14.8. The fourth-order valence-electron chi connectivity index (χ4n) is 2.70. The average Bonchev–Trinajstić information content (AvgIpc) is 3.32. The summed E-state index contributed by atoms with van der Waals surface area (Å²) in [5.41, 5.74) is 0. The minimum atomic E-state index is 0.267. The number of piperidine rings is 1. The lowest BCUT2D eigenvalue weighted by molar-refractivity contribution is 0.337. The Labute approximate surface area is 130 Å². The number of rotatable bonds is 6. The molecule has 0 bridgehead atoms. The molecule has 0 aromatic carbocycles. The van der Waals surface area contributed by atoms with Crippen LogP contribution in [0.5, 0.6) is 0 Å². The van der Waals surface area contributed by atoms with E-state index in [9.17, 15) is 0 Å². The predicted octanol–water partition coefficient (Wildman–Crippen LogP) is 2.02. The molecule has 1 N–H and O–H groups in total. The maximum absolute atomic E-state index is 6.03. The molecule has 3 rings (SSSR count). The minimum Gasteiger partial charge on any atom is -0.353 e. The first-order valence-corrected chi connectivity index (χ1v) is 8.21. The van der Waals surface area contributed by atoms with E-state index in [-0.39, 0.29) is 5.28 Å². The fraction of sp³-hybridized carbons (Fsp3) is 0.786. The summed E-state index contributed by atoms with van der Waals surface area (Å²) in [5.74, 6) is 1.28. The molecular weight excluding hydrogens is 288 g/mol. The highest BCUT2D eigenvalue weighted by Crippen LogP contribution is 2.24. The third kappa shape index (κ3) is 4.17. The van der Waals surface area contributed by atoms with E-state index in [0.29, 0.717) is 11.9 Å². The molecule has 0 amide bonds. The van der Waals surface area contributed by atoms with Gasteiger partial charge in [-0.1, -0.05) is 0 Å². The molecule has 2 fully saturated rings. The molecule has 1 saturated heterocycles. The van der Waals surface area contributed by atoms with Gasteiger partial charge in [-0.2, -0.15) is 15.0 Å². The van der Waals surface area contributed by atoms with Crippen LogP contribution in [-0.2, 0) is 0 Å². The van der Waals surface area contributed by atoms with Gasteiger partial charge in [-0.15, -0.1) is 0 Å². The van der Waals surface area contributed by atoms with Crippen LogP contribution in [0, 0.1) is 0 Å². The lowest BCUT2D eigenvalue weighted by Crippen LogP contribution is -2.31. The molecule has 1 aromatic rings. The number of hydrogen-bond donors (Lipinski definition) is 1. The van der Waals surface area contributed by atoms with Crippen molar-refractivity contribution in [3.05, 3.63) is 5.28 Å². The number of halogens is 1. The SMILES string of the molecule is CN(CCNc1nc(Cl)nc(N2CCCCC2)n1)C1CC1. The van der Waals surface area contributed by atoms with Gasteiger partial charge in [0, 0.05) is 32.2 Å². The smallest absolute Gasteiger partial charge is 0.231 e. The molecular formula is C14H23ClN6. The highest BCUT2D eigenvalue weighted by molar-refractivity contribution is 6.28. The van der Waals surface area contributed by atoms with E-state index in [1.165, 1.54) is 32.1 Å². The van der Waals surface area contributed by atoms with E-state index in [1.807, 2.05) is 0 Å². The van der Waals surface area contributed by atoms with E-state index in [1.54, 1.807) is 0 Å². The van der Waals surface area contributed by atoms with Crippen LogP contribution in [0.4, 0.5) is 11.9 Å². The molecule has 0 radical (unpaired) electrons. The van der Waals surface area contributed by atoms with Crippen molar-refractivity contribution in [3.63, 3.8) is 0 Å². The van der Waals surface area contributed by atoms with Crippen LogP contribution < -0.4 is 10.2 Å². The zero-order valence-electron chi connectivity index (χ0n) is 12.6. The van der Waals surface area contributed by atoms with Crippen LogP contribution in [0.25, 0.3) is 0 Å². The molecule has 6 nitrogen and oxygen atoms in total. The number of anilines is 2. The maximum atomic E-state index is 6.03. The number of hydrogen-bond acceptors (Lipinski definition) is 6. The van der Waals surface area contributed by atoms with E-state index in [4.69, 9.17) is 11.6 Å². The molecule has 0 unspecified atom stereocenters. The zero-order valence-corrected chi connectivity index (χ0v) is 13.3. The van der Waals surface area contributed by atoms with Gasteiger partial charge >= 0.3 is 0 Å². The van der Waals surface area contributed by atoms with Crippen LogP contribution in [-0.4, -0.2) is 59.1 Å². The van der Waals surface area contributed by atoms with Crippen LogP contribution in [0.2, 0.25) is 5.28 Å². The first-order chi connectivity index (χ1) is 10.2. The summed E-state index contributed by atoms with van der Waals surface area (Å²) in [6, 6.07) is 0.776. The Hall–Kier alpha value is -1.14. The van der Waals surface area contributed by atoms with E-state index >= 15 is 0 Å². The summed E-state index contributed by atoms with van der Waals surface area (Å²) in [4.78, 5) is 17.5. The average molecular weight is 311 g/mol. The molecule has 1 aliphatic heterocycles. The number of likely N-dealkylation sites (N-methyl/N-ethyl adjacent to an activating group) is 1. The standard InChI is InChI=1S/C14H23ClN6/c1-20(11-5-6-11)10-7-16-13-17-12(15)18-14(19-13)21-8-3-2-4-9-21/h11H,2-10H2,1H3,(H,16,17,18,19). The Bertz CT molecular complexity index is 473. The Morgan fingerprint density at radius 1 is 1.19 bits per heavy atom. The molecule has 116 valence electrons. The van der Waals surface area contributed by atoms with Crippen LogP contribution >= 0.6 is 11.6 Å². The summed E-state index contributed by atoms with van der Waals surface area (Å²) >= 11 is 6.03. The van der Waals surface area contributed by atoms with Crippen LogP contribution in [0.1, 0.15) is 32.1 Å². The van der Waals surface area contributed by atoms with Crippen molar-refractivity contribution in [3.8, 4) is 0 Å². The summed E-state index contributed by atoms with van der Waals surface area (Å²) in [5, 5.41) is 3.53. The van der Waals surface area contributed by atoms with Crippen molar-refractivity contribution in [2.45, 2.75) is 38.1 Å². The summed E-state index contributed by atoms with van der Waals surface area (Å²) in [6.07, 6.45) is 6.32. The predicted molar refractivity (Wildman–Crippen MR) is 85.0 cm³/mol. The fourth-order valence-corrected chi connectivity index (χ4v) is 2.85. The molecule has 1 aliphatic carbocycles. The van der Waals surface area contributed by atoms with Crippen molar-refractivity contribution in [1.82, 2.24) is 19.9 Å². The number of aromatic nitrogens is 3. The normalized spacial score (nSPS) is 19.1. The quantitative estimate of drug-likeness (QED) is 0.867. The second-order valence-electron chi connectivity index (χ2n) is 5.91. The van der Waals surface area contributed by atoms with E-state index in [0.717, 1.165) is 32.2 Å². The van der Waals surface area contributed by atoms with Crippen molar-refractivity contribution in [1.29, 1.82) is 0 Å². The molecule has 0 spiro atoms. The van der Waals surface area contributed by atoms with Gasteiger partial charge in [-0.3, -0.25) is 0 Å². The topological polar surface area (TPSA) is 57.2 Å². The monoisotopic (exact) mass is 310 g/mol. The van der Waals surface area contributed by atoms with Crippen molar-refractivity contribution in [2.75, 3.05) is 43.4 Å². The van der Waals surface area contributed by atoms with Gasteiger partial charge in [0.05, 0.1) is 0 Å². The Morgan fingerprint density at radius 3 is 2.67 bits per heavy atom. The van der Waals surface area contributed by atoms with Gasteiger partial charge < -0.3 is 15.1 Å². The third-order valence-corrected chi connectivity index (χ3v) is 4.32. The largest absolute Gasteiger partial charge is 0.353 e. The lowest BCUT2D eigenvalue weighted by atomic mass is 10.1. The highest BCUT2D eigenvalue weighted by atomic mass is 35.5. The summed E-state index contributed by atoms with van der Waals surface area (Å²) in [6.45, 7) is 3.83. The highest BCUT2D eigenvalue weighted by Gasteiger charge is 2.25. The number of nitrogens with one attached hydrogen (secondary N) is 1. The van der Waals surface area contributed by atoms with Gasteiger partial charge in [0.25, 0.3) is 0 Å². The Kier molecular flexibility index (Phi) is 4.75. The van der Waals surface area contributed by atoms with Crippen LogP contribution in [0.15, 0.2) is 0 Å². The second-order valence-corrected chi connectivity index (χ2v) is 6.25. The van der Waals surface area contributed by atoms with E-state index in [2.05, 4.69) is 37.1 Å². The molecule has 21 heavy (non-hydrogen) atoms. The molecule has 1 aromatic heterocycles. The van der Waals surface area contributed by atoms with Gasteiger partial charge in [-0.25, -0.2) is 0 Å². The molecule has 2 aliphatic rings. The molecule has 2 heterocycles. The Morgan fingerprint density at radius 2 is 1.95 bits per heavy atom.